The SMILES string of the molecule is CCOC(=O)Cn1c(=NC(=O)c2ccc(Cc3ccccc3)cc2)sc2cccc(OC)c21. The molecule has 0 spiro atoms. The molecule has 0 atom stereocenters. The fraction of sp³-hybridized carbons (Fsp3) is 0.192. The van der Waals surface area contributed by atoms with E-state index in [9.17, 15) is 9.59 Å². The third-order valence-electron chi connectivity index (χ3n) is 5.13. The largest absolute Gasteiger partial charge is 0.495 e. The van der Waals surface area contributed by atoms with E-state index in [0.29, 0.717) is 21.6 Å². The first kappa shape index (κ1) is 22.5. The van der Waals surface area contributed by atoms with Gasteiger partial charge in [-0.05, 0) is 48.7 Å². The van der Waals surface area contributed by atoms with Gasteiger partial charge in [-0.15, -0.1) is 0 Å². The Labute approximate surface area is 195 Å². The van der Waals surface area contributed by atoms with E-state index in [1.165, 1.54) is 16.9 Å². The number of esters is 1. The molecule has 4 aromatic rings. The standard InChI is InChI=1S/C26H24N2O4S/c1-3-32-23(29)17-28-24-21(31-2)10-7-11-22(24)33-26(28)27-25(30)20-14-12-19(13-15-20)16-18-8-5-4-6-9-18/h4-15H,3,16-17H2,1-2H3. The van der Waals surface area contributed by atoms with Gasteiger partial charge < -0.3 is 14.0 Å². The zero-order valence-electron chi connectivity index (χ0n) is 18.5. The lowest BCUT2D eigenvalue weighted by molar-refractivity contribution is -0.143. The van der Waals surface area contributed by atoms with Crippen molar-refractivity contribution < 1.29 is 19.1 Å². The van der Waals surface area contributed by atoms with Gasteiger partial charge in [0.25, 0.3) is 5.91 Å². The highest BCUT2D eigenvalue weighted by molar-refractivity contribution is 7.16. The number of carbonyl (C=O) groups is 2. The third kappa shape index (κ3) is 5.21. The van der Waals surface area contributed by atoms with Crippen molar-refractivity contribution in [2.45, 2.75) is 19.9 Å². The number of amides is 1. The molecule has 1 amide bonds. The van der Waals surface area contributed by atoms with Gasteiger partial charge in [0, 0.05) is 5.56 Å². The predicted molar refractivity (Wildman–Crippen MR) is 129 cm³/mol. The molecule has 4 rings (SSSR count). The molecule has 0 aliphatic heterocycles. The Hall–Kier alpha value is -3.71. The summed E-state index contributed by atoms with van der Waals surface area (Å²) in [5.74, 6) is -0.168. The molecule has 0 N–H and O–H groups in total. The smallest absolute Gasteiger partial charge is 0.326 e. The summed E-state index contributed by atoms with van der Waals surface area (Å²) in [5.41, 5.74) is 3.52. The second kappa shape index (κ2) is 10.3. The summed E-state index contributed by atoms with van der Waals surface area (Å²) in [6, 6.07) is 23.2. The van der Waals surface area contributed by atoms with Crippen LogP contribution in [0.15, 0.2) is 77.8 Å². The van der Waals surface area contributed by atoms with Crippen molar-refractivity contribution in [2.75, 3.05) is 13.7 Å². The van der Waals surface area contributed by atoms with Crippen molar-refractivity contribution in [1.82, 2.24) is 4.57 Å². The molecule has 0 radical (unpaired) electrons. The summed E-state index contributed by atoms with van der Waals surface area (Å²) in [7, 11) is 1.57. The average molecular weight is 461 g/mol. The zero-order chi connectivity index (χ0) is 23.2. The molecule has 0 aliphatic rings. The number of rotatable bonds is 7. The summed E-state index contributed by atoms with van der Waals surface area (Å²) in [4.78, 5) is 30.0. The van der Waals surface area contributed by atoms with Gasteiger partial charge in [0.05, 0.1) is 18.4 Å². The topological polar surface area (TPSA) is 69.9 Å². The van der Waals surface area contributed by atoms with Crippen LogP contribution in [-0.4, -0.2) is 30.2 Å². The highest BCUT2D eigenvalue weighted by atomic mass is 32.1. The number of nitrogens with zero attached hydrogens (tertiary/aromatic N) is 2. The van der Waals surface area contributed by atoms with Gasteiger partial charge in [0.1, 0.15) is 17.8 Å². The molecule has 0 unspecified atom stereocenters. The van der Waals surface area contributed by atoms with E-state index >= 15 is 0 Å². The van der Waals surface area contributed by atoms with Crippen LogP contribution in [0.5, 0.6) is 5.75 Å². The summed E-state index contributed by atoms with van der Waals surface area (Å²) >= 11 is 1.33. The fourth-order valence-electron chi connectivity index (χ4n) is 3.58. The number of thiazole rings is 1. The van der Waals surface area contributed by atoms with Crippen LogP contribution in [0.4, 0.5) is 0 Å². The van der Waals surface area contributed by atoms with Crippen molar-refractivity contribution in [3.05, 3.63) is 94.3 Å². The maximum atomic E-state index is 13.0. The van der Waals surface area contributed by atoms with Crippen LogP contribution in [0.2, 0.25) is 0 Å². The van der Waals surface area contributed by atoms with Crippen molar-refractivity contribution in [3.63, 3.8) is 0 Å². The molecule has 1 heterocycles. The minimum absolute atomic E-state index is 0.0592. The number of aromatic nitrogens is 1. The number of benzene rings is 3. The summed E-state index contributed by atoms with van der Waals surface area (Å²) in [6.07, 6.45) is 0.794. The molecule has 0 bridgehead atoms. The van der Waals surface area contributed by atoms with E-state index in [0.717, 1.165) is 16.7 Å². The van der Waals surface area contributed by atoms with Crippen LogP contribution in [0.1, 0.15) is 28.4 Å². The van der Waals surface area contributed by atoms with E-state index in [-0.39, 0.29) is 19.1 Å². The van der Waals surface area contributed by atoms with Crippen LogP contribution in [0.3, 0.4) is 0 Å². The first-order chi connectivity index (χ1) is 16.1. The highest BCUT2D eigenvalue weighted by Gasteiger charge is 2.16. The Morgan fingerprint density at radius 3 is 2.36 bits per heavy atom. The molecule has 0 saturated heterocycles. The Bertz CT molecular complexity index is 1340. The summed E-state index contributed by atoms with van der Waals surface area (Å²) in [5, 5.41) is 0. The number of ether oxygens (including phenoxy) is 2. The first-order valence-electron chi connectivity index (χ1n) is 10.6. The quantitative estimate of drug-likeness (QED) is 0.378. The van der Waals surface area contributed by atoms with Crippen molar-refractivity contribution in [2.24, 2.45) is 4.99 Å². The van der Waals surface area contributed by atoms with Crippen molar-refractivity contribution in [3.8, 4) is 5.75 Å². The molecule has 0 aliphatic carbocycles. The van der Waals surface area contributed by atoms with Crippen molar-refractivity contribution in [1.29, 1.82) is 0 Å². The van der Waals surface area contributed by atoms with E-state index in [4.69, 9.17) is 9.47 Å². The Morgan fingerprint density at radius 1 is 0.939 bits per heavy atom. The molecular formula is C26H24N2O4S. The van der Waals surface area contributed by atoms with Gasteiger partial charge in [-0.1, -0.05) is 59.9 Å². The second-order valence-electron chi connectivity index (χ2n) is 7.36. The van der Waals surface area contributed by atoms with Crippen LogP contribution < -0.4 is 9.54 Å². The lowest BCUT2D eigenvalue weighted by Gasteiger charge is -2.08. The number of hydrogen-bond donors (Lipinski definition) is 0. The number of para-hydroxylation sites is 1. The molecule has 168 valence electrons. The number of carbonyl (C=O) groups excluding carboxylic acids is 2. The summed E-state index contributed by atoms with van der Waals surface area (Å²) < 4.78 is 13.1. The molecular weight excluding hydrogens is 436 g/mol. The van der Waals surface area contributed by atoms with Gasteiger partial charge >= 0.3 is 5.97 Å². The maximum Gasteiger partial charge on any atom is 0.326 e. The lowest BCUT2D eigenvalue weighted by atomic mass is 10.0. The molecule has 7 heteroatoms. The Morgan fingerprint density at radius 2 is 1.67 bits per heavy atom. The average Bonchev–Trinajstić information content (AvgIpc) is 3.17. The van der Waals surface area contributed by atoms with E-state index in [2.05, 4.69) is 17.1 Å². The van der Waals surface area contributed by atoms with E-state index < -0.39 is 5.97 Å². The van der Waals surface area contributed by atoms with Gasteiger partial charge in [-0.25, -0.2) is 0 Å². The predicted octanol–water partition coefficient (Wildman–Crippen LogP) is 4.61. The lowest BCUT2D eigenvalue weighted by Crippen LogP contribution is -2.23. The van der Waals surface area contributed by atoms with E-state index in [1.54, 1.807) is 30.7 Å². The van der Waals surface area contributed by atoms with Crippen LogP contribution in [0.25, 0.3) is 10.2 Å². The molecule has 0 saturated carbocycles. The number of methoxy groups -OCH3 is 1. The van der Waals surface area contributed by atoms with Gasteiger partial charge in [-0.2, -0.15) is 4.99 Å². The van der Waals surface area contributed by atoms with Gasteiger partial charge in [0.15, 0.2) is 4.80 Å². The minimum atomic E-state index is -0.401. The van der Waals surface area contributed by atoms with Crippen LogP contribution >= 0.6 is 11.3 Å². The molecule has 33 heavy (non-hydrogen) atoms. The molecule has 1 aromatic heterocycles. The van der Waals surface area contributed by atoms with Crippen molar-refractivity contribution >= 4 is 33.4 Å². The van der Waals surface area contributed by atoms with Crippen LogP contribution in [0, 0.1) is 0 Å². The third-order valence-corrected chi connectivity index (χ3v) is 6.17. The van der Waals surface area contributed by atoms with Gasteiger partial charge in [-0.3, -0.25) is 9.59 Å². The number of hydrogen-bond acceptors (Lipinski definition) is 5. The van der Waals surface area contributed by atoms with Crippen LogP contribution in [-0.2, 0) is 22.5 Å². The minimum Gasteiger partial charge on any atom is -0.495 e. The van der Waals surface area contributed by atoms with E-state index in [1.807, 2.05) is 48.5 Å². The highest BCUT2D eigenvalue weighted by Crippen LogP contribution is 2.27. The fourth-order valence-corrected chi connectivity index (χ4v) is 4.62. The molecule has 0 fully saturated rings. The zero-order valence-corrected chi connectivity index (χ0v) is 19.3. The second-order valence-corrected chi connectivity index (χ2v) is 8.37. The normalized spacial score (nSPS) is 11.5. The maximum absolute atomic E-state index is 13.0. The Balaban J connectivity index is 1.67. The molecule has 3 aromatic carbocycles. The monoisotopic (exact) mass is 460 g/mol. The van der Waals surface area contributed by atoms with Gasteiger partial charge in [0.2, 0.25) is 0 Å². The molecule has 6 nitrogen and oxygen atoms in total. The number of fused-ring (bicyclic) bond motifs is 1. The first-order valence-corrected chi connectivity index (χ1v) is 11.4. The Kier molecular flexibility index (Phi) is 7.00. The summed E-state index contributed by atoms with van der Waals surface area (Å²) in [6.45, 7) is 1.97.